The second-order valence-corrected chi connectivity index (χ2v) is 12.1. The molecule has 6 heterocycles. The van der Waals surface area contributed by atoms with Crippen LogP contribution in [-0.4, -0.2) is 88.6 Å². The van der Waals surface area contributed by atoms with Crippen molar-refractivity contribution in [3.05, 3.63) is 109 Å². The number of hydrogen-bond donors (Lipinski definition) is 5. The predicted molar refractivity (Wildman–Crippen MR) is 194 cm³/mol. The zero-order valence-corrected chi connectivity index (χ0v) is 27.7. The molecular formula is C38H38N10O2. The molecule has 2 aliphatic heterocycles. The molecule has 2 aliphatic rings. The van der Waals surface area contributed by atoms with Gasteiger partial charge in [0.15, 0.2) is 0 Å². The van der Waals surface area contributed by atoms with Gasteiger partial charge in [0.2, 0.25) is 0 Å². The molecule has 0 aliphatic carbocycles. The zero-order chi connectivity index (χ0) is 34.3. The standard InChI is InChI=1S/C20H21N5O.C18H17N5O/c1-2-25-9-7-14(8-10-25)18-5-6-19(24-23-18)17-4-3-15(11-20(17)26)16-12-21-22-13-16;24-18-9-13(14-10-20-21-11-14)1-2-15(18)17-4-3-16(22-23-17)12-5-7-19-8-6-12/h3-7,11-13,26H,2,8-10H2,1H3,(H,21,22);1-5,9-11,19,24H,6-8H2,(H,20,21). The largest absolute Gasteiger partial charge is 0.507 e. The van der Waals surface area contributed by atoms with Gasteiger partial charge >= 0.3 is 0 Å². The minimum Gasteiger partial charge on any atom is -0.507 e. The average molecular weight is 667 g/mol. The molecule has 0 atom stereocenters. The Morgan fingerprint density at radius 2 is 1.18 bits per heavy atom. The van der Waals surface area contributed by atoms with Crippen LogP contribution in [0.5, 0.6) is 11.5 Å². The minimum absolute atomic E-state index is 0.178. The number of hydrogen-bond acceptors (Lipinski definition) is 10. The molecule has 0 spiro atoms. The van der Waals surface area contributed by atoms with Gasteiger partial charge in [0, 0.05) is 54.3 Å². The van der Waals surface area contributed by atoms with Crippen LogP contribution in [0, 0.1) is 0 Å². The first-order valence-corrected chi connectivity index (χ1v) is 16.7. The van der Waals surface area contributed by atoms with E-state index in [1.807, 2.05) is 48.5 Å². The molecule has 0 fully saturated rings. The summed E-state index contributed by atoms with van der Waals surface area (Å²) in [6.07, 6.45) is 13.3. The Bertz CT molecular complexity index is 2090. The summed E-state index contributed by atoms with van der Waals surface area (Å²) in [5.74, 6) is 0.359. The number of H-pyrrole nitrogens is 2. The summed E-state index contributed by atoms with van der Waals surface area (Å²) in [6.45, 7) is 7.11. The van der Waals surface area contributed by atoms with Crippen molar-refractivity contribution in [3.63, 3.8) is 0 Å². The van der Waals surface area contributed by atoms with Gasteiger partial charge in [0.05, 0.1) is 35.2 Å². The van der Waals surface area contributed by atoms with Crippen LogP contribution in [-0.2, 0) is 0 Å². The van der Waals surface area contributed by atoms with Crippen LogP contribution < -0.4 is 5.32 Å². The molecule has 0 saturated heterocycles. The molecule has 0 bridgehead atoms. The highest BCUT2D eigenvalue weighted by molar-refractivity contribution is 5.75. The maximum Gasteiger partial charge on any atom is 0.125 e. The quantitative estimate of drug-likeness (QED) is 0.137. The number of aromatic hydroxyl groups is 2. The highest BCUT2D eigenvalue weighted by atomic mass is 16.3. The maximum atomic E-state index is 10.4. The molecule has 0 saturated carbocycles. The van der Waals surface area contributed by atoms with Crippen molar-refractivity contribution in [3.8, 4) is 56.3 Å². The van der Waals surface area contributed by atoms with E-state index in [4.69, 9.17) is 0 Å². The lowest BCUT2D eigenvalue weighted by molar-refractivity contribution is 0.318. The monoisotopic (exact) mass is 666 g/mol. The van der Waals surface area contributed by atoms with Crippen LogP contribution in [0.25, 0.3) is 55.9 Å². The molecule has 0 amide bonds. The van der Waals surface area contributed by atoms with Crippen LogP contribution in [0.1, 0.15) is 31.2 Å². The van der Waals surface area contributed by atoms with Gasteiger partial charge in [-0.05, 0) is 96.7 Å². The van der Waals surface area contributed by atoms with Gasteiger partial charge in [0.1, 0.15) is 11.5 Å². The maximum absolute atomic E-state index is 10.4. The van der Waals surface area contributed by atoms with Crippen molar-refractivity contribution < 1.29 is 10.2 Å². The van der Waals surface area contributed by atoms with Gasteiger partial charge in [-0.15, -0.1) is 10.2 Å². The van der Waals surface area contributed by atoms with E-state index in [1.165, 1.54) is 11.1 Å². The van der Waals surface area contributed by atoms with Crippen LogP contribution >= 0.6 is 0 Å². The summed E-state index contributed by atoms with van der Waals surface area (Å²) in [5, 5.41) is 54.8. The van der Waals surface area contributed by atoms with Gasteiger partial charge in [-0.2, -0.15) is 20.4 Å². The van der Waals surface area contributed by atoms with Crippen LogP contribution in [0.15, 0.2) is 97.6 Å². The molecule has 2 aromatic carbocycles. The van der Waals surface area contributed by atoms with Gasteiger partial charge in [0.25, 0.3) is 0 Å². The van der Waals surface area contributed by atoms with Crippen LogP contribution in [0.4, 0.5) is 0 Å². The Hall–Kier alpha value is -5.98. The summed E-state index contributed by atoms with van der Waals surface area (Å²) < 4.78 is 0. The third-order valence-electron chi connectivity index (χ3n) is 9.00. The SMILES string of the molecule is CCN1CC=C(c2ccc(-c3ccc(-c4cn[nH]c4)cc3O)nn2)CC1.Oc1cc(-c2cn[nH]c2)ccc1-c1ccc(C2=CCNCC2)nn1. The minimum atomic E-state index is 0.178. The molecule has 4 aromatic heterocycles. The zero-order valence-electron chi connectivity index (χ0n) is 27.7. The summed E-state index contributed by atoms with van der Waals surface area (Å²) in [4.78, 5) is 2.39. The summed E-state index contributed by atoms with van der Waals surface area (Å²) in [7, 11) is 0. The van der Waals surface area contributed by atoms with Gasteiger partial charge in [-0.1, -0.05) is 31.2 Å². The number of benzene rings is 2. The van der Waals surface area contributed by atoms with E-state index in [2.05, 4.69) is 70.1 Å². The third kappa shape index (κ3) is 7.36. The first-order chi connectivity index (χ1) is 24.6. The molecule has 8 rings (SSSR count). The van der Waals surface area contributed by atoms with E-state index in [1.54, 1.807) is 36.9 Å². The molecule has 252 valence electrons. The number of phenols is 2. The van der Waals surface area contributed by atoms with Crippen molar-refractivity contribution in [2.45, 2.75) is 19.8 Å². The van der Waals surface area contributed by atoms with E-state index in [0.29, 0.717) is 22.5 Å². The van der Waals surface area contributed by atoms with Gasteiger partial charge in [-0.3, -0.25) is 15.1 Å². The van der Waals surface area contributed by atoms with Gasteiger partial charge in [-0.25, -0.2) is 0 Å². The number of nitrogens with zero attached hydrogens (tertiary/aromatic N) is 7. The summed E-state index contributed by atoms with van der Waals surface area (Å²) in [5.41, 5.74) is 10.6. The van der Waals surface area contributed by atoms with Crippen molar-refractivity contribution in [1.29, 1.82) is 0 Å². The second-order valence-electron chi connectivity index (χ2n) is 12.1. The number of aromatic nitrogens is 8. The molecule has 0 unspecified atom stereocenters. The van der Waals surface area contributed by atoms with Crippen LogP contribution in [0.2, 0.25) is 0 Å². The van der Waals surface area contributed by atoms with Crippen molar-refractivity contribution >= 4 is 11.1 Å². The number of phenolic OH excluding ortho intramolecular Hbond substituents is 2. The topological polar surface area (TPSA) is 165 Å². The third-order valence-corrected chi connectivity index (χ3v) is 9.00. The Morgan fingerprint density at radius 1 is 0.640 bits per heavy atom. The average Bonchev–Trinajstić information content (AvgIpc) is 3.92. The fourth-order valence-corrected chi connectivity index (χ4v) is 6.05. The second kappa shape index (κ2) is 15.1. The number of aromatic amines is 2. The van der Waals surface area contributed by atoms with Crippen molar-refractivity contribution in [2.24, 2.45) is 0 Å². The Morgan fingerprint density at radius 3 is 1.58 bits per heavy atom. The lowest BCUT2D eigenvalue weighted by Crippen LogP contribution is -2.28. The van der Waals surface area contributed by atoms with E-state index in [9.17, 15) is 10.2 Å². The normalized spacial score (nSPS) is 14.7. The lowest BCUT2D eigenvalue weighted by Gasteiger charge is -2.24. The highest BCUT2D eigenvalue weighted by Crippen LogP contribution is 2.34. The molecule has 50 heavy (non-hydrogen) atoms. The molecular weight excluding hydrogens is 628 g/mol. The van der Waals surface area contributed by atoms with Crippen molar-refractivity contribution in [2.75, 3.05) is 32.7 Å². The number of nitrogens with one attached hydrogen (secondary N) is 3. The Kier molecular flexibility index (Phi) is 9.81. The van der Waals surface area contributed by atoms with Crippen LogP contribution in [0.3, 0.4) is 0 Å². The van der Waals surface area contributed by atoms with E-state index >= 15 is 0 Å². The Labute approximate surface area is 289 Å². The lowest BCUT2D eigenvalue weighted by atomic mass is 10.0. The molecule has 12 nitrogen and oxygen atoms in total. The highest BCUT2D eigenvalue weighted by Gasteiger charge is 2.15. The van der Waals surface area contributed by atoms with Crippen molar-refractivity contribution in [1.82, 2.24) is 51.0 Å². The first-order valence-electron chi connectivity index (χ1n) is 16.7. The molecule has 0 radical (unpaired) electrons. The summed E-state index contributed by atoms with van der Waals surface area (Å²) >= 11 is 0. The summed E-state index contributed by atoms with van der Waals surface area (Å²) in [6, 6.07) is 18.8. The predicted octanol–water partition coefficient (Wildman–Crippen LogP) is 5.96. The van der Waals surface area contributed by atoms with Gasteiger partial charge < -0.3 is 15.5 Å². The number of rotatable bonds is 7. The molecule has 5 N–H and O–H groups in total. The van der Waals surface area contributed by atoms with E-state index in [0.717, 1.165) is 79.2 Å². The first kappa shape index (κ1) is 32.6. The molecule has 6 aromatic rings. The fraction of sp³-hybridized carbons (Fsp3) is 0.211. The molecule has 12 heteroatoms. The van der Waals surface area contributed by atoms with E-state index in [-0.39, 0.29) is 11.5 Å². The Balaban J connectivity index is 0.000000157. The number of likely N-dealkylation sites (N-methyl/N-ethyl adjacent to an activating group) is 1. The smallest absolute Gasteiger partial charge is 0.125 e. The fourth-order valence-electron chi connectivity index (χ4n) is 6.05. The van der Waals surface area contributed by atoms with E-state index < -0.39 is 0 Å².